The van der Waals surface area contributed by atoms with Crippen molar-refractivity contribution in [2.45, 2.75) is 18.4 Å². The Kier molecular flexibility index (Phi) is 3.19. The molecule has 1 aromatic carbocycles. The average Bonchev–Trinajstić information content (AvgIpc) is 3.03. The number of H-pyrrole nitrogens is 1. The second-order valence-electron chi connectivity index (χ2n) is 4.93. The predicted octanol–water partition coefficient (Wildman–Crippen LogP) is 0.324. The fourth-order valence-electron chi connectivity index (χ4n) is 2.43. The Hall–Kier alpha value is -2.28. The standard InChI is InChI=1S/C13H15N5O2/c19-11(10-4-2-1-3-5-10)18-8-6-13(20,7-9-18)12-14-16-17-15-12/h1-5,20H,6-9H2,(H,14,15,16,17). The quantitative estimate of drug-likeness (QED) is 0.822. The third kappa shape index (κ3) is 2.27. The molecule has 0 bridgehead atoms. The highest BCUT2D eigenvalue weighted by Gasteiger charge is 2.38. The smallest absolute Gasteiger partial charge is 0.253 e. The van der Waals surface area contributed by atoms with Crippen LogP contribution in [0.1, 0.15) is 29.0 Å². The maximum atomic E-state index is 12.3. The minimum atomic E-state index is -1.10. The van der Waals surface area contributed by atoms with E-state index in [1.54, 1.807) is 17.0 Å². The lowest BCUT2D eigenvalue weighted by Gasteiger charge is -2.36. The number of tetrazole rings is 1. The summed E-state index contributed by atoms with van der Waals surface area (Å²) >= 11 is 0. The van der Waals surface area contributed by atoms with Crippen LogP contribution in [0.25, 0.3) is 0 Å². The molecule has 20 heavy (non-hydrogen) atoms. The van der Waals surface area contributed by atoms with Crippen LogP contribution in [0.5, 0.6) is 0 Å². The van der Waals surface area contributed by atoms with Gasteiger partial charge in [-0.2, -0.15) is 5.21 Å². The van der Waals surface area contributed by atoms with Gasteiger partial charge in [-0.1, -0.05) is 23.4 Å². The zero-order valence-electron chi connectivity index (χ0n) is 10.9. The van der Waals surface area contributed by atoms with E-state index in [9.17, 15) is 9.90 Å². The molecule has 0 unspecified atom stereocenters. The van der Waals surface area contributed by atoms with Gasteiger partial charge < -0.3 is 10.0 Å². The highest BCUT2D eigenvalue weighted by atomic mass is 16.3. The number of aromatic amines is 1. The molecule has 1 fully saturated rings. The Bertz CT molecular complexity index is 576. The van der Waals surface area contributed by atoms with Gasteiger partial charge in [0.1, 0.15) is 5.60 Å². The molecule has 2 N–H and O–H groups in total. The lowest BCUT2D eigenvalue weighted by Crippen LogP contribution is -2.45. The maximum Gasteiger partial charge on any atom is 0.253 e. The van der Waals surface area contributed by atoms with Crippen molar-refractivity contribution in [3.8, 4) is 0 Å². The summed E-state index contributed by atoms with van der Waals surface area (Å²) in [6.07, 6.45) is 0.816. The Labute approximate surface area is 115 Å². The molecule has 0 saturated carbocycles. The Morgan fingerprint density at radius 1 is 1.25 bits per heavy atom. The summed E-state index contributed by atoms with van der Waals surface area (Å²) in [5, 5.41) is 24.0. The van der Waals surface area contributed by atoms with Gasteiger partial charge in [-0.15, -0.1) is 10.2 Å². The number of nitrogens with one attached hydrogen (secondary N) is 1. The molecule has 104 valence electrons. The molecule has 1 aromatic heterocycles. The molecule has 7 nitrogen and oxygen atoms in total. The zero-order chi connectivity index (χ0) is 14.0. The number of likely N-dealkylation sites (tertiary alicyclic amines) is 1. The maximum absolute atomic E-state index is 12.3. The van der Waals surface area contributed by atoms with Crippen LogP contribution < -0.4 is 0 Å². The number of benzene rings is 1. The van der Waals surface area contributed by atoms with E-state index in [4.69, 9.17) is 0 Å². The van der Waals surface area contributed by atoms with Gasteiger partial charge in [0.15, 0.2) is 0 Å². The van der Waals surface area contributed by atoms with Crippen LogP contribution >= 0.6 is 0 Å². The summed E-state index contributed by atoms with van der Waals surface area (Å²) in [4.78, 5) is 14.0. The highest BCUT2D eigenvalue weighted by molar-refractivity contribution is 5.94. The largest absolute Gasteiger partial charge is 0.382 e. The molecule has 1 aliphatic rings. The number of hydrogen-bond donors (Lipinski definition) is 2. The summed E-state index contributed by atoms with van der Waals surface area (Å²) in [6, 6.07) is 9.15. The van der Waals surface area contributed by atoms with Crippen molar-refractivity contribution >= 4 is 5.91 Å². The SMILES string of the molecule is O=C(c1ccccc1)N1CCC(O)(c2nn[nH]n2)CC1. The number of aromatic nitrogens is 4. The van der Waals surface area contributed by atoms with Crippen molar-refractivity contribution in [2.75, 3.05) is 13.1 Å². The number of nitrogens with zero attached hydrogens (tertiary/aromatic N) is 4. The first kappa shape index (κ1) is 12.7. The highest BCUT2D eigenvalue weighted by Crippen LogP contribution is 2.30. The molecule has 2 aromatic rings. The average molecular weight is 273 g/mol. The van der Waals surface area contributed by atoms with E-state index in [0.717, 1.165) is 0 Å². The first-order valence-electron chi connectivity index (χ1n) is 6.50. The second-order valence-corrected chi connectivity index (χ2v) is 4.93. The van der Waals surface area contributed by atoms with Gasteiger partial charge in [0.25, 0.3) is 5.91 Å². The number of carbonyl (C=O) groups is 1. The number of carbonyl (C=O) groups excluding carboxylic acids is 1. The van der Waals surface area contributed by atoms with Gasteiger partial charge in [0.2, 0.25) is 5.82 Å². The molecule has 1 aliphatic heterocycles. The van der Waals surface area contributed by atoms with Gasteiger partial charge in [-0.05, 0) is 12.1 Å². The summed E-state index contributed by atoms with van der Waals surface area (Å²) in [6.45, 7) is 0.942. The summed E-state index contributed by atoms with van der Waals surface area (Å²) < 4.78 is 0. The van der Waals surface area contributed by atoms with Crippen LogP contribution in [0.2, 0.25) is 0 Å². The first-order chi connectivity index (χ1) is 9.69. The summed E-state index contributed by atoms with van der Waals surface area (Å²) in [5.41, 5.74) is -0.432. The monoisotopic (exact) mass is 273 g/mol. The van der Waals surface area contributed by atoms with Gasteiger partial charge in [-0.3, -0.25) is 4.79 Å². The van der Waals surface area contributed by atoms with Crippen molar-refractivity contribution in [1.29, 1.82) is 0 Å². The van der Waals surface area contributed by atoms with Crippen molar-refractivity contribution in [3.05, 3.63) is 41.7 Å². The van der Waals surface area contributed by atoms with Crippen LogP contribution in [-0.4, -0.2) is 49.6 Å². The fourth-order valence-corrected chi connectivity index (χ4v) is 2.43. The molecular weight excluding hydrogens is 258 g/mol. The normalized spacial score (nSPS) is 17.9. The molecule has 7 heteroatoms. The van der Waals surface area contributed by atoms with Crippen LogP contribution in [-0.2, 0) is 5.60 Å². The minimum absolute atomic E-state index is 0.0132. The third-order valence-electron chi connectivity index (χ3n) is 3.66. The molecule has 2 heterocycles. The van der Waals surface area contributed by atoms with Crippen molar-refractivity contribution in [3.63, 3.8) is 0 Å². The number of hydrogen-bond acceptors (Lipinski definition) is 5. The molecular formula is C13H15N5O2. The third-order valence-corrected chi connectivity index (χ3v) is 3.66. The van der Waals surface area contributed by atoms with Gasteiger partial charge in [0.05, 0.1) is 0 Å². The molecule has 3 rings (SSSR count). The zero-order valence-corrected chi connectivity index (χ0v) is 10.9. The van der Waals surface area contributed by atoms with Crippen LogP contribution in [0.4, 0.5) is 0 Å². The Balaban J connectivity index is 1.69. The van der Waals surface area contributed by atoms with E-state index in [1.807, 2.05) is 18.2 Å². The lowest BCUT2D eigenvalue weighted by molar-refractivity contribution is -0.0279. The lowest BCUT2D eigenvalue weighted by atomic mass is 9.90. The van der Waals surface area contributed by atoms with Crippen molar-refractivity contribution < 1.29 is 9.90 Å². The van der Waals surface area contributed by atoms with Crippen LogP contribution in [0.15, 0.2) is 30.3 Å². The van der Waals surface area contributed by atoms with E-state index < -0.39 is 5.60 Å². The van der Waals surface area contributed by atoms with Gasteiger partial charge in [0, 0.05) is 31.5 Å². The fraction of sp³-hybridized carbons (Fsp3) is 0.385. The number of piperidine rings is 1. The second kappa shape index (κ2) is 5.01. The van der Waals surface area contributed by atoms with E-state index in [0.29, 0.717) is 37.3 Å². The summed E-state index contributed by atoms with van der Waals surface area (Å²) in [7, 11) is 0. The number of aliphatic hydroxyl groups is 1. The van der Waals surface area contributed by atoms with Crippen LogP contribution in [0, 0.1) is 0 Å². The van der Waals surface area contributed by atoms with Crippen molar-refractivity contribution in [1.82, 2.24) is 25.5 Å². The van der Waals surface area contributed by atoms with E-state index in [1.165, 1.54) is 0 Å². The summed E-state index contributed by atoms with van der Waals surface area (Å²) in [5.74, 6) is 0.282. The molecule has 0 atom stereocenters. The van der Waals surface area contributed by atoms with Gasteiger partial charge >= 0.3 is 0 Å². The predicted molar refractivity (Wildman–Crippen MR) is 69.7 cm³/mol. The Morgan fingerprint density at radius 2 is 1.95 bits per heavy atom. The molecule has 0 spiro atoms. The van der Waals surface area contributed by atoms with E-state index in [-0.39, 0.29) is 5.91 Å². The van der Waals surface area contributed by atoms with E-state index >= 15 is 0 Å². The minimum Gasteiger partial charge on any atom is -0.382 e. The van der Waals surface area contributed by atoms with Gasteiger partial charge in [-0.25, -0.2) is 0 Å². The van der Waals surface area contributed by atoms with Crippen molar-refractivity contribution in [2.24, 2.45) is 0 Å². The molecule has 1 amide bonds. The molecule has 0 aliphatic carbocycles. The Morgan fingerprint density at radius 3 is 2.55 bits per heavy atom. The number of amides is 1. The topological polar surface area (TPSA) is 95.0 Å². The van der Waals surface area contributed by atoms with Crippen LogP contribution in [0.3, 0.4) is 0 Å². The molecule has 1 saturated heterocycles. The number of rotatable bonds is 2. The van der Waals surface area contributed by atoms with E-state index in [2.05, 4.69) is 20.6 Å². The first-order valence-corrected chi connectivity index (χ1v) is 6.50. The molecule has 0 radical (unpaired) electrons.